The molecular formula is C35H39NO4SSi. The molecule has 4 aromatic rings. The minimum Gasteiger partial charge on any atom is -0.497 e. The van der Waals surface area contributed by atoms with E-state index in [1.165, 1.54) is 0 Å². The Morgan fingerprint density at radius 3 is 1.79 bits per heavy atom. The largest absolute Gasteiger partial charge is 0.497 e. The van der Waals surface area contributed by atoms with Crippen molar-refractivity contribution in [2.75, 3.05) is 7.11 Å². The third kappa shape index (κ3) is 5.61. The van der Waals surface area contributed by atoms with Crippen LogP contribution < -0.4 is 15.1 Å². The van der Waals surface area contributed by atoms with Crippen LogP contribution in [0.25, 0.3) is 0 Å². The number of rotatable bonds is 10. The molecule has 0 saturated carbocycles. The van der Waals surface area contributed by atoms with Crippen molar-refractivity contribution in [2.45, 2.75) is 55.7 Å². The van der Waals surface area contributed by atoms with Crippen molar-refractivity contribution < 1.29 is 18.2 Å². The van der Waals surface area contributed by atoms with Crippen LogP contribution >= 0.6 is 0 Å². The van der Waals surface area contributed by atoms with Gasteiger partial charge in [0.2, 0.25) is 5.91 Å². The average Bonchev–Trinajstić information content (AvgIpc) is 3.01. The molecule has 5 rings (SSSR count). The Kier molecular flexibility index (Phi) is 8.83. The van der Waals surface area contributed by atoms with Crippen LogP contribution in [0.1, 0.15) is 33.3 Å². The first-order valence-electron chi connectivity index (χ1n) is 14.4. The summed E-state index contributed by atoms with van der Waals surface area (Å²) in [6.45, 7) is 9.04. The van der Waals surface area contributed by atoms with E-state index in [1.54, 1.807) is 12.0 Å². The van der Waals surface area contributed by atoms with E-state index in [1.807, 2.05) is 73.7 Å². The van der Waals surface area contributed by atoms with E-state index in [-0.39, 0.29) is 10.9 Å². The maximum absolute atomic E-state index is 14.1. The predicted molar refractivity (Wildman–Crippen MR) is 172 cm³/mol. The number of ether oxygens (including phenoxy) is 1. The lowest BCUT2D eigenvalue weighted by molar-refractivity contribution is -0.157. The molecule has 0 spiro atoms. The Bertz CT molecular complexity index is 1470. The minimum atomic E-state index is -2.92. The van der Waals surface area contributed by atoms with Crippen molar-refractivity contribution in [3.05, 3.63) is 121 Å². The molecule has 0 aliphatic carbocycles. The number of benzene rings is 4. The summed E-state index contributed by atoms with van der Waals surface area (Å²) in [5.41, 5.74) is 0.957. The summed E-state index contributed by atoms with van der Waals surface area (Å²) in [5, 5.41) is 1.54. The number of hydrogen-bond donors (Lipinski definition) is 0. The molecule has 0 bridgehead atoms. The molecule has 1 aliphatic rings. The van der Waals surface area contributed by atoms with Gasteiger partial charge in [-0.3, -0.25) is 9.00 Å². The van der Waals surface area contributed by atoms with Crippen LogP contribution in [0.5, 0.6) is 5.75 Å². The molecule has 4 aromatic carbocycles. The van der Waals surface area contributed by atoms with Gasteiger partial charge in [-0.1, -0.05) is 112 Å². The van der Waals surface area contributed by atoms with Crippen LogP contribution in [0, 0.1) is 5.92 Å². The lowest BCUT2D eigenvalue weighted by Gasteiger charge is -2.52. The van der Waals surface area contributed by atoms with E-state index in [4.69, 9.17) is 9.16 Å². The van der Waals surface area contributed by atoms with Crippen molar-refractivity contribution >= 4 is 35.4 Å². The van der Waals surface area contributed by atoms with Crippen molar-refractivity contribution in [3.63, 3.8) is 0 Å². The number of methoxy groups -OCH3 is 1. The van der Waals surface area contributed by atoms with Gasteiger partial charge in [-0.25, -0.2) is 0 Å². The number of nitrogens with zero attached hydrogens (tertiary/aromatic N) is 1. The maximum Gasteiger partial charge on any atom is 0.261 e. The van der Waals surface area contributed by atoms with Gasteiger partial charge in [0.25, 0.3) is 8.32 Å². The molecule has 1 aliphatic heterocycles. The lowest BCUT2D eigenvalue weighted by atomic mass is 9.92. The van der Waals surface area contributed by atoms with Crippen LogP contribution in [0.2, 0.25) is 5.04 Å². The first-order valence-corrected chi connectivity index (χ1v) is 17.5. The summed E-state index contributed by atoms with van der Waals surface area (Å²) in [6.07, 6.45) is -0.464. The number of β-lactam (4-membered cyclic amide) rings is 1. The number of carbonyl (C=O) groups excluding carboxylic acids is 1. The summed E-state index contributed by atoms with van der Waals surface area (Å²) in [7, 11) is -2.74. The SMILES string of the molecule is COc1ccc(CN2C(=O)[C@H]([C@@H](C)O[Si](c3ccccc3)(c3ccccc3)C(C)(C)C)[C@H]2S(=O)c2ccccc2)cc1. The van der Waals surface area contributed by atoms with E-state index in [2.05, 4.69) is 69.3 Å². The second-order valence-corrected chi connectivity index (χ2v) is 17.6. The van der Waals surface area contributed by atoms with Crippen LogP contribution in [0.15, 0.2) is 120 Å². The quantitative estimate of drug-likeness (QED) is 0.173. The summed E-state index contributed by atoms with van der Waals surface area (Å²) in [6, 6.07) is 37.9. The zero-order valence-corrected chi connectivity index (χ0v) is 26.7. The molecule has 0 aromatic heterocycles. The Labute approximate surface area is 253 Å². The molecular weight excluding hydrogens is 559 g/mol. The van der Waals surface area contributed by atoms with Gasteiger partial charge in [0.05, 0.1) is 29.9 Å². The standard InChI is InChI=1S/C35H39NO4SSi/c1-26(40-42(35(2,3)4,30-17-11-7-12-18-30)31-19-13-8-14-20-31)32-33(37)36(25-27-21-23-28(39-5)24-22-27)34(32)41(38)29-15-9-6-10-16-29/h6-24,26,32,34H,25H2,1-5H3/t26-,32+,34-,41?/m1/s1. The van der Waals surface area contributed by atoms with Crippen molar-refractivity contribution in [1.29, 1.82) is 0 Å². The van der Waals surface area contributed by atoms with E-state index < -0.39 is 36.5 Å². The highest BCUT2D eigenvalue weighted by Gasteiger charge is 2.58. The molecule has 42 heavy (non-hydrogen) atoms. The van der Waals surface area contributed by atoms with Gasteiger partial charge >= 0.3 is 0 Å². The zero-order valence-electron chi connectivity index (χ0n) is 24.9. The fourth-order valence-electron chi connectivity index (χ4n) is 6.06. The number of amides is 1. The Balaban J connectivity index is 1.54. The highest BCUT2D eigenvalue weighted by Crippen LogP contribution is 2.42. The van der Waals surface area contributed by atoms with Crippen LogP contribution in [-0.2, 0) is 26.6 Å². The molecule has 7 heteroatoms. The maximum atomic E-state index is 14.1. The molecule has 1 saturated heterocycles. The Morgan fingerprint density at radius 2 is 1.31 bits per heavy atom. The smallest absolute Gasteiger partial charge is 0.261 e. The van der Waals surface area contributed by atoms with Crippen LogP contribution in [-0.4, -0.2) is 41.9 Å². The van der Waals surface area contributed by atoms with E-state index in [0.29, 0.717) is 11.4 Å². The highest BCUT2D eigenvalue weighted by molar-refractivity contribution is 7.85. The summed E-state index contributed by atoms with van der Waals surface area (Å²) < 4.78 is 26.8. The molecule has 4 atom stereocenters. The van der Waals surface area contributed by atoms with Gasteiger partial charge < -0.3 is 14.1 Å². The normalized spacial score (nSPS) is 18.7. The molecule has 1 unspecified atom stereocenters. The number of likely N-dealkylation sites (tertiary alicyclic amines) is 1. The summed E-state index contributed by atoms with van der Waals surface area (Å²) in [5.74, 6) is 0.166. The molecule has 218 valence electrons. The predicted octanol–water partition coefficient (Wildman–Crippen LogP) is 5.75. The molecule has 1 amide bonds. The molecule has 1 heterocycles. The number of hydrogen-bond acceptors (Lipinski definition) is 4. The van der Waals surface area contributed by atoms with Crippen LogP contribution in [0.3, 0.4) is 0 Å². The molecule has 1 fully saturated rings. The van der Waals surface area contributed by atoms with E-state index in [0.717, 1.165) is 21.7 Å². The van der Waals surface area contributed by atoms with Gasteiger partial charge in [-0.15, -0.1) is 0 Å². The van der Waals surface area contributed by atoms with Gasteiger partial charge in [0.15, 0.2) is 0 Å². The number of carbonyl (C=O) groups is 1. The van der Waals surface area contributed by atoms with Gasteiger partial charge in [0.1, 0.15) is 11.1 Å². The fraction of sp³-hybridized carbons (Fsp3) is 0.286. The van der Waals surface area contributed by atoms with E-state index >= 15 is 0 Å². The first-order chi connectivity index (χ1) is 20.2. The summed E-state index contributed by atoms with van der Waals surface area (Å²) in [4.78, 5) is 16.4. The van der Waals surface area contributed by atoms with Gasteiger partial charge in [0, 0.05) is 11.4 Å². The zero-order chi connectivity index (χ0) is 29.9. The van der Waals surface area contributed by atoms with Crippen LogP contribution in [0.4, 0.5) is 0 Å². The molecule has 0 radical (unpaired) electrons. The second-order valence-electron chi connectivity index (χ2n) is 11.8. The van der Waals surface area contributed by atoms with Gasteiger partial charge in [-0.2, -0.15) is 0 Å². The van der Waals surface area contributed by atoms with Crippen molar-refractivity contribution in [3.8, 4) is 5.75 Å². The molecule has 0 N–H and O–H groups in total. The average molecular weight is 598 g/mol. The van der Waals surface area contributed by atoms with Crippen molar-refractivity contribution in [2.24, 2.45) is 5.92 Å². The second kappa shape index (κ2) is 12.4. The summed E-state index contributed by atoms with van der Waals surface area (Å²) >= 11 is 0. The third-order valence-corrected chi connectivity index (χ3v) is 15.0. The Morgan fingerprint density at radius 1 is 0.810 bits per heavy atom. The van der Waals surface area contributed by atoms with Gasteiger partial charge in [-0.05, 0) is 52.2 Å². The fourth-order valence-corrected chi connectivity index (χ4v) is 12.5. The highest BCUT2D eigenvalue weighted by atomic mass is 32.2. The monoisotopic (exact) mass is 597 g/mol. The third-order valence-electron chi connectivity index (χ3n) is 8.17. The lowest BCUT2D eigenvalue weighted by Crippen LogP contribution is -2.71. The molecule has 5 nitrogen and oxygen atoms in total. The topological polar surface area (TPSA) is 55.8 Å². The minimum absolute atomic E-state index is 0.0365. The first kappa shape index (κ1) is 30.0. The Hall–Kier alpha value is -3.52. The van der Waals surface area contributed by atoms with E-state index in [9.17, 15) is 9.00 Å². The van der Waals surface area contributed by atoms with Crippen molar-refractivity contribution in [1.82, 2.24) is 4.90 Å².